The summed E-state index contributed by atoms with van der Waals surface area (Å²) in [7, 11) is 3.26. The highest BCUT2D eigenvalue weighted by Crippen LogP contribution is 2.27. The molecule has 0 aromatic heterocycles. The van der Waals surface area contributed by atoms with E-state index in [-0.39, 0.29) is 5.91 Å². The molecule has 0 aliphatic carbocycles. The summed E-state index contributed by atoms with van der Waals surface area (Å²) in [6.45, 7) is 0.678. The highest BCUT2D eigenvalue weighted by atomic mass is 35.5. The van der Waals surface area contributed by atoms with Gasteiger partial charge in [-0.3, -0.25) is 4.79 Å². The fourth-order valence-corrected chi connectivity index (χ4v) is 3.58. The molecule has 6 heteroatoms. The molecular weight excluding hydrogens is 382 g/mol. The minimum atomic E-state index is 0.110. The number of hydrogen-bond donors (Lipinski definition) is 1. The van der Waals surface area contributed by atoms with Gasteiger partial charge in [-0.2, -0.15) is 0 Å². The average molecular weight is 408 g/mol. The number of carbonyl (C=O) groups is 1. The van der Waals surface area contributed by atoms with E-state index in [2.05, 4.69) is 5.32 Å². The van der Waals surface area contributed by atoms with Gasteiger partial charge in [-0.1, -0.05) is 17.7 Å². The van der Waals surface area contributed by atoms with Crippen LogP contribution in [0.2, 0.25) is 5.02 Å². The molecule has 0 fully saturated rings. The van der Waals surface area contributed by atoms with E-state index in [1.54, 1.807) is 26.0 Å². The quantitative estimate of drug-likeness (QED) is 0.421. The third-order valence-corrected chi connectivity index (χ3v) is 5.39. The van der Waals surface area contributed by atoms with E-state index in [0.717, 1.165) is 41.5 Å². The molecule has 0 aliphatic rings. The zero-order valence-corrected chi connectivity index (χ0v) is 17.4. The average Bonchev–Trinajstić information content (AvgIpc) is 2.69. The molecular formula is C21H26ClNO3S. The molecule has 2 rings (SSSR count). The second kappa shape index (κ2) is 11.8. The molecule has 0 bridgehead atoms. The van der Waals surface area contributed by atoms with E-state index in [4.69, 9.17) is 21.1 Å². The molecule has 0 aliphatic heterocycles. The van der Waals surface area contributed by atoms with Crippen LogP contribution in [0.15, 0.2) is 47.4 Å². The lowest BCUT2D eigenvalue weighted by molar-refractivity contribution is -0.121. The van der Waals surface area contributed by atoms with Crippen LogP contribution in [0.5, 0.6) is 11.5 Å². The number of rotatable bonds is 11. The standard InChI is InChI=1S/C21H26ClNO3S/c1-25-19-12-7-16(15-20(19)26-2)5-3-13-23-21(24)6-4-14-27-18-10-8-17(22)9-11-18/h7-12,15H,3-6,13-14H2,1-2H3,(H,23,24). The van der Waals surface area contributed by atoms with E-state index in [1.807, 2.05) is 42.5 Å². The second-order valence-corrected chi connectivity index (χ2v) is 7.65. The first kappa shape index (κ1) is 21.5. The van der Waals surface area contributed by atoms with Gasteiger partial charge in [0.1, 0.15) is 0 Å². The summed E-state index contributed by atoms with van der Waals surface area (Å²) in [6, 6.07) is 13.7. The van der Waals surface area contributed by atoms with Crippen LogP contribution in [0.1, 0.15) is 24.8 Å². The van der Waals surface area contributed by atoms with E-state index < -0.39 is 0 Å². The van der Waals surface area contributed by atoms with Gasteiger partial charge < -0.3 is 14.8 Å². The number of benzene rings is 2. The predicted molar refractivity (Wildman–Crippen MR) is 112 cm³/mol. The summed E-state index contributed by atoms with van der Waals surface area (Å²) in [5.74, 6) is 2.49. The van der Waals surface area contributed by atoms with Crippen LogP contribution in [0.25, 0.3) is 0 Å². The lowest BCUT2D eigenvalue weighted by Gasteiger charge is -2.10. The number of methoxy groups -OCH3 is 2. The van der Waals surface area contributed by atoms with Crippen LogP contribution in [-0.2, 0) is 11.2 Å². The van der Waals surface area contributed by atoms with E-state index >= 15 is 0 Å². The molecule has 0 radical (unpaired) electrons. The predicted octanol–water partition coefficient (Wildman–Crippen LogP) is 4.98. The number of nitrogens with one attached hydrogen (secondary N) is 1. The highest BCUT2D eigenvalue weighted by molar-refractivity contribution is 7.99. The van der Waals surface area contributed by atoms with Crippen molar-refractivity contribution in [3.05, 3.63) is 53.1 Å². The van der Waals surface area contributed by atoms with Crippen molar-refractivity contribution in [3.63, 3.8) is 0 Å². The van der Waals surface area contributed by atoms with Gasteiger partial charge in [-0.15, -0.1) is 11.8 Å². The molecule has 0 heterocycles. The van der Waals surface area contributed by atoms with Gasteiger partial charge in [-0.25, -0.2) is 0 Å². The number of hydrogen-bond acceptors (Lipinski definition) is 4. The fraction of sp³-hybridized carbons (Fsp3) is 0.381. The SMILES string of the molecule is COc1ccc(CCCNC(=O)CCCSc2ccc(Cl)cc2)cc1OC. The Hall–Kier alpha value is -1.85. The molecule has 27 heavy (non-hydrogen) atoms. The smallest absolute Gasteiger partial charge is 0.220 e. The van der Waals surface area contributed by atoms with Crippen molar-refractivity contribution in [2.24, 2.45) is 0 Å². The Labute approximate surface area is 170 Å². The van der Waals surface area contributed by atoms with Gasteiger partial charge in [0.05, 0.1) is 14.2 Å². The molecule has 1 amide bonds. The van der Waals surface area contributed by atoms with Crippen LogP contribution < -0.4 is 14.8 Å². The number of thioether (sulfide) groups is 1. The van der Waals surface area contributed by atoms with Crippen molar-refractivity contribution in [1.29, 1.82) is 0 Å². The number of aryl methyl sites for hydroxylation is 1. The Morgan fingerprint density at radius 2 is 1.78 bits per heavy atom. The van der Waals surface area contributed by atoms with Crippen molar-refractivity contribution in [2.45, 2.75) is 30.6 Å². The molecule has 0 atom stereocenters. The molecule has 2 aromatic carbocycles. The lowest BCUT2D eigenvalue weighted by Crippen LogP contribution is -2.24. The van der Waals surface area contributed by atoms with Crippen molar-refractivity contribution < 1.29 is 14.3 Å². The molecule has 146 valence electrons. The fourth-order valence-electron chi connectivity index (χ4n) is 2.60. The molecule has 1 N–H and O–H groups in total. The molecule has 0 saturated heterocycles. The van der Waals surface area contributed by atoms with Gasteiger partial charge in [0.15, 0.2) is 11.5 Å². The van der Waals surface area contributed by atoms with Crippen molar-refractivity contribution in [3.8, 4) is 11.5 Å². The van der Waals surface area contributed by atoms with Crippen LogP contribution in [-0.4, -0.2) is 32.4 Å². The van der Waals surface area contributed by atoms with Crippen LogP contribution in [0, 0.1) is 0 Å². The minimum Gasteiger partial charge on any atom is -0.493 e. The zero-order chi connectivity index (χ0) is 19.5. The first-order valence-corrected chi connectivity index (χ1v) is 10.3. The first-order chi connectivity index (χ1) is 13.1. The van der Waals surface area contributed by atoms with Crippen molar-refractivity contribution in [1.82, 2.24) is 5.32 Å². The molecule has 4 nitrogen and oxygen atoms in total. The second-order valence-electron chi connectivity index (χ2n) is 6.05. The Balaban J connectivity index is 1.58. The summed E-state index contributed by atoms with van der Waals surface area (Å²) in [5.41, 5.74) is 1.17. The Morgan fingerprint density at radius 1 is 1.04 bits per heavy atom. The number of ether oxygens (including phenoxy) is 2. The van der Waals surface area contributed by atoms with Gasteiger partial charge in [0, 0.05) is 22.9 Å². The largest absolute Gasteiger partial charge is 0.493 e. The maximum Gasteiger partial charge on any atom is 0.220 e. The van der Waals surface area contributed by atoms with Crippen molar-refractivity contribution >= 4 is 29.3 Å². The molecule has 0 unspecified atom stereocenters. The molecule has 0 spiro atoms. The Bertz CT molecular complexity index is 722. The highest BCUT2D eigenvalue weighted by Gasteiger charge is 2.05. The lowest BCUT2D eigenvalue weighted by atomic mass is 10.1. The molecule has 0 saturated carbocycles. The van der Waals surface area contributed by atoms with E-state index in [1.165, 1.54) is 10.5 Å². The van der Waals surface area contributed by atoms with Gasteiger partial charge in [0.2, 0.25) is 5.91 Å². The summed E-state index contributed by atoms with van der Waals surface area (Å²) in [4.78, 5) is 13.1. The van der Waals surface area contributed by atoms with Crippen molar-refractivity contribution in [2.75, 3.05) is 26.5 Å². The summed E-state index contributed by atoms with van der Waals surface area (Å²) in [5, 5.41) is 3.73. The topological polar surface area (TPSA) is 47.6 Å². The maximum absolute atomic E-state index is 11.9. The van der Waals surface area contributed by atoms with Crippen LogP contribution in [0.4, 0.5) is 0 Å². The van der Waals surface area contributed by atoms with E-state index in [9.17, 15) is 4.79 Å². The number of carbonyl (C=O) groups excluding carboxylic acids is 1. The normalized spacial score (nSPS) is 10.5. The number of halogens is 1. The summed E-state index contributed by atoms with van der Waals surface area (Å²) in [6.07, 6.45) is 3.18. The summed E-state index contributed by atoms with van der Waals surface area (Å²) < 4.78 is 10.5. The zero-order valence-electron chi connectivity index (χ0n) is 15.8. The third-order valence-electron chi connectivity index (χ3n) is 4.04. The third kappa shape index (κ3) is 7.73. The first-order valence-electron chi connectivity index (χ1n) is 8.98. The Kier molecular flexibility index (Phi) is 9.36. The number of amides is 1. The minimum absolute atomic E-state index is 0.110. The van der Waals surface area contributed by atoms with Gasteiger partial charge in [-0.05, 0) is 67.0 Å². The van der Waals surface area contributed by atoms with Gasteiger partial charge in [0.25, 0.3) is 0 Å². The Morgan fingerprint density at radius 3 is 2.48 bits per heavy atom. The molecule has 2 aromatic rings. The summed E-state index contributed by atoms with van der Waals surface area (Å²) >= 11 is 7.61. The van der Waals surface area contributed by atoms with Gasteiger partial charge >= 0.3 is 0 Å². The monoisotopic (exact) mass is 407 g/mol. The van der Waals surface area contributed by atoms with E-state index in [0.29, 0.717) is 13.0 Å². The van der Waals surface area contributed by atoms with Crippen LogP contribution in [0.3, 0.4) is 0 Å². The maximum atomic E-state index is 11.9. The van der Waals surface area contributed by atoms with Crippen LogP contribution >= 0.6 is 23.4 Å².